The Balaban J connectivity index is 1.84. The van der Waals surface area contributed by atoms with E-state index in [1.807, 2.05) is 6.92 Å². The molecule has 0 aromatic rings. The van der Waals surface area contributed by atoms with Gasteiger partial charge in [-0.3, -0.25) is 19.8 Å². The van der Waals surface area contributed by atoms with Gasteiger partial charge in [-0.1, -0.05) is 32.6 Å². The summed E-state index contributed by atoms with van der Waals surface area (Å²) in [6.07, 6.45) is 7.17. The summed E-state index contributed by atoms with van der Waals surface area (Å²) in [5, 5.41) is 2.25. The summed E-state index contributed by atoms with van der Waals surface area (Å²) in [4.78, 5) is 36.7. The third kappa shape index (κ3) is 4.03. The normalized spacial score (nSPS) is 24.3. The van der Waals surface area contributed by atoms with Gasteiger partial charge >= 0.3 is 6.03 Å². The first-order valence-corrected chi connectivity index (χ1v) is 7.91. The van der Waals surface area contributed by atoms with E-state index in [4.69, 9.17) is 4.74 Å². The van der Waals surface area contributed by atoms with Gasteiger partial charge in [0.1, 0.15) is 5.92 Å². The molecule has 1 saturated carbocycles. The summed E-state index contributed by atoms with van der Waals surface area (Å²) in [7, 11) is 0. The van der Waals surface area contributed by atoms with Crippen LogP contribution >= 0.6 is 0 Å². The molecule has 2 fully saturated rings. The molecular weight excluding hydrogens is 272 g/mol. The Morgan fingerprint density at radius 1 is 1.19 bits per heavy atom. The number of hydrogen-bond acceptors (Lipinski definition) is 4. The molecule has 118 valence electrons. The maximum atomic E-state index is 12.2. The van der Waals surface area contributed by atoms with Crippen LogP contribution in [0.1, 0.15) is 51.9 Å². The number of nitrogens with zero attached hydrogens (tertiary/aromatic N) is 1. The van der Waals surface area contributed by atoms with Gasteiger partial charge in [0.2, 0.25) is 11.8 Å². The van der Waals surface area contributed by atoms with Gasteiger partial charge < -0.3 is 4.74 Å². The summed E-state index contributed by atoms with van der Waals surface area (Å²) < 4.78 is 5.75. The molecule has 1 aliphatic heterocycles. The molecule has 21 heavy (non-hydrogen) atoms. The molecule has 2 rings (SSSR count). The Labute approximate surface area is 125 Å². The fourth-order valence-electron chi connectivity index (χ4n) is 2.96. The number of hydrogen-bond donors (Lipinski definition) is 1. The molecule has 6 heteroatoms. The number of rotatable bonds is 6. The van der Waals surface area contributed by atoms with E-state index in [9.17, 15) is 14.4 Å². The molecule has 4 amide bonds. The average Bonchev–Trinajstić information content (AvgIpc) is 2.48. The first kappa shape index (κ1) is 15.9. The highest BCUT2D eigenvalue weighted by atomic mass is 16.5. The molecule has 1 N–H and O–H groups in total. The van der Waals surface area contributed by atoms with Crippen molar-refractivity contribution in [3.63, 3.8) is 0 Å². The van der Waals surface area contributed by atoms with Crippen LogP contribution in [-0.2, 0) is 14.3 Å². The van der Waals surface area contributed by atoms with Crippen LogP contribution in [-0.4, -0.2) is 42.0 Å². The minimum Gasteiger partial charge on any atom is -0.376 e. The average molecular weight is 296 g/mol. The summed E-state index contributed by atoms with van der Waals surface area (Å²) >= 11 is 0. The number of urea groups is 1. The van der Waals surface area contributed by atoms with Gasteiger partial charge in [0.15, 0.2) is 0 Å². The van der Waals surface area contributed by atoms with Gasteiger partial charge in [-0.05, 0) is 19.3 Å². The van der Waals surface area contributed by atoms with E-state index in [0.29, 0.717) is 13.0 Å². The van der Waals surface area contributed by atoms with Crippen molar-refractivity contribution in [1.29, 1.82) is 0 Å². The highest BCUT2D eigenvalue weighted by molar-refractivity contribution is 6.16. The lowest BCUT2D eigenvalue weighted by Gasteiger charge is -2.30. The van der Waals surface area contributed by atoms with Crippen molar-refractivity contribution in [3.8, 4) is 0 Å². The highest BCUT2D eigenvalue weighted by Crippen LogP contribution is 2.20. The van der Waals surface area contributed by atoms with E-state index in [-0.39, 0.29) is 12.6 Å². The summed E-state index contributed by atoms with van der Waals surface area (Å²) in [6, 6.07) is -0.621. The number of carbonyl (C=O) groups is 3. The third-order valence-corrected chi connectivity index (χ3v) is 4.15. The molecule has 1 atom stereocenters. The maximum Gasteiger partial charge on any atom is 0.330 e. The predicted octanol–water partition coefficient (Wildman–Crippen LogP) is 1.83. The zero-order valence-electron chi connectivity index (χ0n) is 12.6. The van der Waals surface area contributed by atoms with Crippen LogP contribution in [0.25, 0.3) is 0 Å². The number of nitrogens with one attached hydrogen (secondary N) is 1. The van der Waals surface area contributed by atoms with Crippen molar-refractivity contribution >= 4 is 17.8 Å². The second-order valence-corrected chi connectivity index (χ2v) is 5.76. The molecular formula is C15H24N2O4. The Bertz CT molecular complexity index is 404. The Morgan fingerprint density at radius 3 is 2.57 bits per heavy atom. The Hall–Kier alpha value is -1.43. The number of ether oxygens (including phenoxy) is 1. The van der Waals surface area contributed by atoms with Crippen LogP contribution in [0.2, 0.25) is 0 Å². The Kier molecular flexibility index (Phi) is 5.73. The number of amides is 4. The lowest BCUT2D eigenvalue weighted by atomic mass is 9.98. The van der Waals surface area contributed by atoms with Crippen molar-refractivity contribution in [2.75, 3.05) is 13.2 Å². The smallest absolute Gasteiger partial charge is 0.330 e. The van der Waals surface area contributed by atoms with Gasteiger partial charge in [-0.2, -0.15) is 0 Å². The minimum absolute atomic E-state index is 0.217. The zero-order chi connectivity index (χ0) is 15.2. The molecule has 1 unspecified atom stereocenters. The van der Waals surface area contributed by atoms with Crippen molar-refractivity contribution < 1.29 is 19.1 Å². The second-order valence-electron chi connectivity index (χ2n) is 5.76. The fraction of sp³-hybridized carbons (Fsp3) is 0.800. The number of carbonyl (C=O) groups excluding carboxylic acids is 3. The van der Waals surface area contributed by atoms with E-state index < -0.39 is 23.8 Å². The van der Waals surface area contributed by atoms with E-state index in [2.05, 4.69) is 5.32 Å². The van der Waals surface area contributed by atoms with Crippen LogP contribution in [0.5, 0.6) is 0 Å². The summed E-state index contributed by atoms with van der Waals surface area (Å²) in [5.74, 6) is -1.60. The van der Waals surface area contributed by atoms with Gasteiger partial charge in [-0.15, -0.1) is 0 Å². The topological polar surface area (TPSA) is 75.7 Å². The molecule has 2 aliphatic rings. The van der Waals surface area contributed by atoms with E-state index >= 15 is 0 Å². The SMILES string of the molecule is CCCC1C(=O)NC(=O)N(CCOC2CCCCC2)C1=O. The molecule has 1 aliphatic carbocycles. The van der Waals surface area contributed by atoms with Crippen LogP contribution in [0.4, 0.5) is 4.79 Å². The van der Waals surface area contributed by atoms with E-state index in [1.165, 1.54) is 19.3 Å². The largest absolute Gasteiger partial charge is 0.376 e. The highest BCUT2D eigenvalue weighted by Gasteiger charge is 2.39. The van der Waals surface area contributed by atoms with Crippen LogP contribution in [0, 0.1) is 5.92 Å². The number of barbiturate groups is 1. The number of imide groups is 2. The van der Waals surface area contributed by atoms with Crippen molar-refractivity contribution in [2.24, 2.45) is 5.92 Å². The maximum absolute atomic E-state index is 12.2. The molecule has 0 aromatic carbocycles. The second kappa shape index (κ2) is 7.54. The van der Waals surface area contributed by atoms with Gasteiger partial charge in [0.25, 0.3) is 0 Å². The molecule has 0 spiro atoms. The van der Waals surface area contributed by atoms with Crippen molar-refractivity contribution in [1.82, 2.24) is 10.2 Å². The van der Waals surface area contributed by atoms with Crippen molar-refractivity contribution in [3.05, 3.63) is 0 Å². The summed E-state index contributed by atoms with van der Waals surface area (Å²) in [6.45, 7) is 2.47. The monoisotopic (exact) mass is 296 g/mol. The quantitative estimate of drug-likeness (QED) is 0.759. The fourth-order valence-corrected chi connectivity index (χ4v) is 2.96. The third-order valence-electron chi connectivity index (χ3n) is 4.15. The first-order chi connectivity index (χ1) is 10.1. The van der Waals surface area contributed by atoms with Crippen LogP contribution < -0.4 is 5.32 Å². The molecule has 0 radical (unpaired) electrons. The molecule has 1 saturated heterocycles. The first-order valence-electron chi connectivity index (χ1n) is 7.91. The van der Waals surface area contributed by atoms with Gasteiger partial charge in [-0.25, -0.2) is 4.79 Å². The van der Waals surface area contributed by atoms with Gasteiger partial charge in [0.05, 0.1) is 19.3 Å². The lowest BCUT2D eigenvalue weighted by Crippen LogP contribution is -2.58. The molecule has 0 bridgehead atoms. The Morgan fingerprint density at radius 2 is 1.90 bits per heavy atom. The standard InChI is InChI=1S/C15H24N2O4/c1-2-6-12-13(18)16-15(20)17(14(12)19)9-10-21-11-7-4-3-5-8-11/h11-12H,2-10H2,1H3,(H,16,18,20). The minimum atomic E-state index is -0.734. The van der Waals surface area contributed by atoms with Crippen LogP contribution in [0.15, 0.2) is 0 Å². The molecule has 1 heterocycles. The predicted molar refractivity (Wildman–Crippen MR) is 76.5 cm³/mol. The van der Waals surface area contributed by atoms with Crippen LogP contribution in [0.3, 0.4) is 0 Å². The summed E-state index contributed by atoms with van der Waals surface area (Å²) in [5.41, 5.74) is 0. The van der Waals surface area contributed by atoms with Crippen molar-refractivity contribution in [2.45, 2.75) is 58.0 Å². The van der Waals surface area contributed by atoms with Gasteiger partial charge in [0, 0.05) is 0 Å². The van der Waals surface area contributed by atoms with E-state index in [1.54, 1.807) is 0 Å². The zero-order valence-corrected chi connectivity index (χ0v) is 12.6. The molecule has 0 aromatic heterocycles. The van der Waals surface area contributed by atoms with E-state index in [0.717, 1.165) is 24.2 Å². The lowest BCUT2D eigenvalue weighted by molar-refractivity contribution is -0.143. The molecule has 6 nitrogen and oxygen atoms in total.